The predicted octanol–water partition coefficient (Wildman–Crippen LogP) is 4.32. The molecule has 21 heavy (non-hydrogen) atoms. The minimum atomic E-state index is 0.132. The van der Waals surface area contributed by atoms with Gasteiger partial charge in [-0.1, -0.05) is 36.4 Å². The number of ether oxygens (including phenoxy) is 1. The van der Waals surface area contributed by atoms with Crippen molar-refractivity contribution in [1.29, 1.82) is 0 Å². The summed E-state index contributed by atoms with van der Waals surface area (Å²) >= 11 is 0. The Bertz CT molecular complexity index is 698. The molecular weight excluding hydrogens is 260 g/mol. The van der Waals surface area contributed by atoms with Crippen molar-refractivity contribution in [3.05, 3.63) is 71.3 Å². The minimum absolute atomic E-state index is 0.132. The van der Waals surface area contributed by atoms with Crippen molar-refractivity contribution in [2.24, 2.45) is 0 Å². The molecule has 0 unspecified atom stereocenters. The molecule has 2 heteroatoms. The van der Waals surface area contributed by atoms with Crippen LogP contribution in [0.2, 0.25) is 0 Å². The lowest BCUT2D eigenvalue weighted by Gasteiger charge is -2.16. The lowest BCUT2D eigenvalue weighted by atomic mass is 9.96. The summed E-state index contributed by atoms with van der Waals surface area (Å²) in [6.07, 6.45) is 4.02. The van der Waals surface area contributed by atoms with Gasteiger partial charge in [-0.2, -0.15) is 0 Å². The molecule has 0 saturated carbocycles. The van der Waals surface area contributed by atoms with Crippen LogP contribution >= 0.6 is 0 Å². The third kappa shape index (κ3) is 3.22. The summed E-state index contributed by atoms with van der Waals surface area (Å²) in [5.74, 6) is 1.55. The van der Waals surface area contributed by atoms with Gasteiger partial charge in [-0.15, -0.1) is 0 Å². The Labute approximate surface area is 125 Å². The fraction of sp³-hybridized carbons (Fsp3) is 0.211. The molecule has 2 nitrogen and oxygen atoms in total. The molecule has 106 valence electrons. The van der Waals surface area contributed by atoms with Crippen LogP contribution in [0, 0.1) is 6.92 Å². The van der Waals surface area contributed by atoms with Gasteiger partial charge in [0.1, 0.15) is 11.5 Å². The van der Waals surface area contributed by atoms with Crippen molar-refractivity contribution in [3.8, 4) is 5.75 Å². The van der Waals surface area contributed by atoms with Crippen molar-refractivity contribution in [1.82, 2.24) is 0 Å². The smallest absolute Gasteiger partial charge is 0.159 e. The number of benzene rings is 2. The normalized spacial score (nSPS) is 14.7. The van der Waals surface area contributed by atoms with Gasteiger partial charge in [0.2, 0.25) is 0 Å². The zero-order valence-electron chi connectivity index (χ0n) is 12.1. The molecule has 0 radical (unpaired) electrons. The molecule has 0 aliphatic heterocycles. The lowest BCUT2D eigenvalue weighted by Crippen LogP contribution is -2.07. The molecule has 0 aromatic heterocycles. The van der Waals surface area contributed by atoms with E-state index in [9.17, 15) is 4.79 Å². The van der Waals surface area contributed by atoms with Crippen molar-refractivity contribution in [2.45, 2.75) is 26.2 Å². The Kier molecular flexibility index (Phi) is 3.87. The molecule has 0 amide bonds. The number of ketones is 1. The molecular formula is C19H18O2. The first-order valence-electron chi connectivity index (χ1n) is 7.30. The second-order valence-electron chi connectivity index (χ2n) is 5.40. The van der Waals surface area contributed by atoms with E-state index in [4.69, 9.17) is 4.74 Å². The molecule has 1 aliphatic carbocycles. The van der Waals surface area contributed by atoms with E-state index in [2.05, 4.69) is 6.07 Å². The van der Waals surface area contributed by atoms with Gasteiger partial charge in [0.15, 0.2) is 5.78 Å². The molecule has 2 aromatic rings. The Morgan fingerprint density at radius 2 is 1.86 bits per heavy atom. The van der Waals surface area contributed by atoms with Crippen LogP contribution in [0.5, 0.6) is 5.75 Å². The van der Waals surface area contributed by atoms with Crippen LogP contribution < -0.4 is 4.74 Å². The summed E-state index contributed by atoms with van der Waals surface area (Å²) in [5.41, 5.74) is 3.40. The maximum absolute atomic E-state index is 12.0. The van der Waals surface area contributed by atoms with Crippen molar-refractivity contribution in [3.63, 3.8) is 0 Å². The summed E-state index contributed by atoms with van der Waals surface area (Å²) in [4.78, 5) is 12.0. The van der Waals surface area contributed by atoms with Crippen molar-refractivity contribution >= 4 is 11.5 Å². The average molecular weight is 278 g/mol. The van der Waals surface area contributed by atoms with Gasteiger partial charge in [-0.05, 0) is 43.0 Å². The predicted molar refractivity (Wildman–Crippen MR) is 84.2 cm³/mol. The van der Waals surface area contributed by atoms with Crippen LogP contribution in [0.4, 0.5) is 0 Å². The molecule has 0 fully saturated rings. The quantitative estimate of drug-likeness (QED) is 0.817. The van der Waals surface area contributed by atoms with Gasteiger partial charge in [0.25, 0.3) is 0 Å². The number of carbonyl (C=O) groups excluding carboxylic acids is 1. The summed E-state index contributed by atoms with van der Waals surface area (Å²) < 4.78 is 6.01. The number of carbonyl (C=O) groups is 1. The first-order valence-corrected chi connectivity index (χ1v) is 7.30. The van der Waals surface area contributed by atoms with Gasteiger partial charge in [-0.25, -0.2) is 0 Å². The highest BCUT2D eigenvalue weighted by Gasteiger charge is 2.15. The average Bonchev–Trinajstić information content (AvgIpc) is 2.45. The van der Waals surface area contributed by atoms with E-state index in [0.717, 1.165) is 29.7 Å². The molecule has 1 aliphatic rings. The number of aryl methyl sites for hydroxylation is 2. The lowest BCUT2D eigenvalue weighted by molar-refractivity contribution is -0.114. The minimum Gasteiger partial charge on any atom is -0.457 e. The van der Waals surface area contributed by atoms with E-state index in [1.807, 2.05) is 49.4 Å². The Morgan fingerprint density at radius 3 is 2.71 bits per heavy atom. The molecule has 0 spiro atoms. The van der Waals surface area contributed by atoms with E-state index in [1.54, 1.807) is 6.08 Å². The van der Waals surface area contributed by atoms with Crippen molar-refractivity contribution < 1.29 is 9.53 Å². The molecule has 2 aromatic carbocycles. The SMILES string of the molecule is Cc1cccc(OC2=CC(=O)CCCc3ccccc32)c1. The highest BCUT2D eigenvalue weighted by atomic mass is 16.5. The van der Waals surface area contributed by atoms with Gasteiger partial charge >= 0.3 is 0 Å². The summed E-state index contributed by atoms with van der Waals surface area (Å²) in [7, 11) is 0. The number of hydrogen-bond acceptors (Lipinski definition) is 2. The fourth-order valence-corrected chi connectivity index (χ4v) is 2.62. The highest BCUT2D eigenvalue weighted by molar-refractivity contribution is 5.96. The summed E-state index contributed by atoms with van der Waals surface area (Å²) in [6.45, 7) is 2.03. The van der Waals surface area contributed by atoms with Crippen LogP contribution in [0.25, 0.3) is 5.76 Å². The Morgan fingerprint density at radius 1 is 1.00 bits per heavy atom. The molecule has 3 rings (SSSR count). The molecule has 0 saturated heterocycles. The number of allylic oxidation sites excluding steroid dienone is 1. The van der Waals surface area contributed by atoms with E-state index < -0.39 is 0 Å². The molecule has 0 atom stereocenters. The van der Waals surface area contributed by atoms with E-state index in [1.165, 1.54) is 5.56 Å². The fourth-order valence-electron chi connectivity index (χ4n) is 2.62. The maximum atomic E-state index is 12.0. The Balaban J connectivity index is 2.01. The number of hydrogen-bond donors (Lipinski definition) is 0. The first kappa shape index (κ1) is 13.6. The van der Waals surface area contributed by atoms with E-state index in [0.29, 0.717) is 12.2 Å². The second-order valence-corrected chi connectivity index (χ2v) is 5.40. The number of rotatable bonds is 2. The van der Waals surface area contributed by atoms with Crippen LogP contribution in [0.1, 0.15) is 29.5 Å². The van der Waals surface area contributed by atoms with Crippen LogP contribution in [-0.2, 0) is 11.2 Å². The third-order valence-corrected chi connectivity index (χ3v) is 3.66. The standard InChI is InChI=1S/C19H18O2/c1-14-6-4-10-17(12-14)21-19-13-16(20)9-5-8-15-7-2-3-11-18(15)19/h2-4,6-7,10-13H,5,8-9H2,1H3. The largest absolute Gasteiger partial charge is 0.457 e. The molecule has 0 heterocycles. The van der Waals surface area contributed by atoms with E-state index >= 15 is 0 Å². The van der Waals surface area contributed by atoms with Gasteiger partial charge < -0.3 is 4.74 Å². The number of fused-ring (bicyclic) bond motifs is 1. The van der Waals surface area contributed by atoms with Crippen LogP contribution in [0.15, 0.2) is 54.6 Å². The summed E-state index contributed by atoms with van der Waals surface area (Å²) in [6, 6.07) is 16.0. The maximum Gasteiger partial charge on any atom is 0.159 e. The highest BCUT2D eigenvalue weighted by Crippen LogP contribution is 2.27. The third-order valence-electron chi connectivity index (χ3n) is 3.66. The van der Waals surface area contributed by atoms with Crippen LogP contribution in [-0.4, -0.2) is 5.78 Å². The Hall–Kier alpha value is -2.35. The molecule has 0 N–H and O–H groups in total. The molecule has 0 bridgehead atoms. The zero-order chi connectivity index (χ0) is 14.7. The monoisotopic (exact) mass is 278 g/mol. The zero-order valence-corrected chi connectivity index (χ0v) is 12.1. The summed E-state index contributed by atoms with van der Waals surface area (Å²) in [5, 5.41) is 0. The first-order chi connectivity index (χ1) is 10.2. The van der Waals surface area contributed by atoms with Crippen LogP contribution in [0.3, 0.4) is 0 Å². The topological polar surface area (TPSA) is 26.3 Å². The van der Waals surface area contributed by atoms with Gasteiger partial charge in [0.05, 0.1) is 0 Å². The van der Waals surface area contributed by atoms with Gasteiger partial charge in [-0.3, -0.25) is 4.79 Å². The van der Waals surface area contributed by atoms with Crippen molar-refractivity contribution in [2.75, 3.05) is 0 Å². The van der Waals surface area contributed by atoms with E-state index in [-0.39, 0.29) is 5.78 Å². The second kappa shape index (κ2) is 5.96. The van der Waals surface area contributed by atoms with Gasteiger partial charge in [0, 0.05) is 18.1 Å².